The fraction of sp³-hybridized carbons (Fsp3) is 0.889. The standard InChI is InChI=1S/3C9H22N4.Gd/c3*1-7(2)10-9(11-8(3)4)12-13(5)6;/h3*7-8H,1-6H3,(H2,10,11,12);/q;;;+3. The van der Waals surface area contributed by atoms with Crippen molar-refractivity contribution < 1.29 is 39.9 Å². The molecular formula is C27H66GdN12+3. The first-order chi connectivity index (χ1) is 17.7. The molecule has 40 heavy (non-hydrogen) atoms. The molecule has 0 unspecified atom stereocenters. The second-order valence-corrected chi connectivity index (χ2v) is 11.6. The zero-order valence-corrected chi connectivity index (χ0v) is 31.3. The van der Waals surface area contributed by atoms with E-state index in [0.29, 0.717) is 36.3 Å². The van der Waals surface area contributed by atoms with Crippen LogP contribution in [0, 0.1) is 39.9 Å². The Balaban J connectivity index is -0.000000240. The van der Waals surface area contributed by atoms with Crippen LogP contribution in [0.25, 0.3) is 0 Å². The SMILES string of the molecule is CC(C)N=C(NC(C)C)NN(C)C.CC(C)N=C(NC(C)C)NN(C)C.CC(C)N=C(NC(C)C)NN(C)C.[Gd+3]. The van der Waals surface area contributed by atoms with Crippen molar-refractivity contribution in [2.45, 2.75) is 119 Å². The first-order valence-corrected chi connectivity index (χ1v) is 14.1. The maximum absolute atomic E-state index is 4.41. The van der Waals surface area contributed by atoms with Gasteiger partial charge >= 0.3 is 39.9 Å². The third-order valence-electron chi connectivity index (χ3n) is 3.43. The molecule has 0 aromatic carbocycles. The second-order valence-electron chi connectivity index (χ2n) is 11.6. The van der Waals surface area contributed by atoms with Crippen molar-refractivity contribution in [2.24, 2.45) is 15.0 Å². The van der Waals surface area contributed by atoms with Gasteiger partial charge in [-0.25, -0.2) is 30.0 Å². The molecule has 0 amide bonds. The third kappa shape index (κ3) is 39.2. The van der Waals surface area contributed by atoms with Crippen LogP contribution in [-0.4, -0.2) is 111 Å². The van der Waals surface area contributed by atoms with Crippen molar-refractivity contribution in [3.8, 4) is 0 Å². The van der Waals surface area contributed by atoms with Crippen LogP contribution in [0.3, 0.4) is 0 Å². The van der Waals surface area contributed by atoms with Crippen molar-refractivity contribution in [1.82, 2.24) is 47.3 Å². The van der Waals surface area contributed by atoms with Crippen LogP contribution in [0.5, 0.6) is 0 Å². The monoisotopic (exact) mass is 716 g/mol. The van der Waals surface area contributed by atoms with Crippen molar-refractivity contribution >= 4 is 17.9 Å². The molecule has 0 rings (SSSR count). The molecule has 13 heteroatoms. The number of nitrogens with one attached hydrogen (secondary N) is 6. The smallest absolute Gasteiger partial charge is 0.353 e. The van der Waals surface area contributed by atoms with Crippen LogP contribution >= 0.6 is 0 Å². The number of aliphatic imine (C=N–C) groups is 3. The summed E-state index contributed by atoms with van der Waals surface area (Å²) < 4.78 is 0. The summed E-state index contributed by atoms with van der Waals surface area (Å²) in [5, 5.41) is 15.3. The quantitative estimate of drug-likeness (QED) is 0.122. The predicted octanol–water partition coefficient (Wildman–Crippen LogP) is 2.45. The van der Waals surface area contributed by atoms with Gasteiger partial charge in [-0.15, -0.1) is 0 Å². The Morgan fingerprint density at radius 1 is 0.400 bits per heavy atom. The topological polar surface area (TPSA) is 119 Å². The van der Waals surface area contributed by atoms with Crippen LogP contribution < -0.4 is 32.2 Å². The summed E-state index contributed by atoms with van der Waals surface area (Å²) in [6, 6.07) is 2.08. The minimum absolute atomic E-state index is 0. The van der Waals surface area contributed by atoms with E-state index in [9.17, 15) is 0 Å². The summed E-state index contributed by atoms with van der Waals surface area (Å²) in [6.07, 6.45) is 0. The van der Waals surface area contributed by atoms with Gasteiger partial charge in [-0.05, 0) is 83.1 Å². The molecule has 12 nitrogen and oxygen atoms in total. The Hall–Kier alpha value is -0.985. The molecule has 239 valence electrons. The van der Waals surface area contributed by atoms with Gasteiger partial charge in [-0.2, -0.15) is 0 Å². The van der Waals surface area contributed by atoms with Crippen LogP contribution in [0.4, 0.5) is 0 Å². The summed E-state index contributed by atoms with van der Waals surface area (Å²) >= 11 is 0. The maximum Gasteiger partial charge on any atom is 3.00 e. The van der Waals surface area contributed by atoms with E-state index in [1.54, 1.807) is 0 Å². The molecule has 0 aromatic heterocycles. The molecule has 0 atom stereocenters. The summed E-state index contributed by atoms with van der Waals surface area (Å²) in [6.45, 7) is 24.9. The molecule has 1 radical (unpaired) electrons. The zero-order chi connectivity index (χ0) is 31.3. The summed E-state index contributed by atoms with van der Waals surface area (Å²) in [5.41, 5.74) is 9.34. The fourth-order valence-electron chi connectivity index (χ4n) is 2.53. The van der Waals surface area contributed by atoms with Gasteiger partial charge in [0.2, 0.25) is 17.9 Å². The van der Waals surface area contributed by atoms with E-state index < -0.39 is 0 Å². The number of rotatable bonds is 9. The van der Waals surface area contributed by atoms with Crippen LogP contribution in [-0.2, 0) is 0 Å². The molecule has 0 fully saturated rings. The van der Waals surface area contributed by atoms with Crippen LogP contribution in [0.2, 0.25) is 0 Å². The van der Waals surface area contributed by atoms with Gasteiger partial charge in [0.25, 0.3) is 0 Å². The molecule has 0 spiro atoms. The number of hydrogen-bond acceptors (Lipinski definition) is 6. The maximum atomic E-state index is 4.41. The molecule has 0 aliphatic heterocycles. The van der Waals surface area contributed by atoms with E-state index in [1.165, 1.54) is 0 Å². The Morgan fingerprint density at radius 2 is 0.575 bits per heavy atom. The minimum atomic E-state index is 0. The molecule has 0 bridgehead atoms. The Bertz CT molecular complexity index is 544. The Labute approximate surface area is 280 Å². The van der Waals surface area contributed by atoms with Crippen molar-refractivity contribution in [3.05, 3.63) is 0 Å². The molecule has 0 aromatic rings. The average molecular weight is 716 g/mol. The van der Waals surface area contributed by atoms with Gasteiger partial charge < -0.3 is 16.0 Å². The molecule has 6 N–H and O–H groups in total. The third-order valence-corrected chi connectivity index (χ3v) is 3.43. The predicted molar refractivity (Wildman–Crippen MR) is 173 cm³/mol. The number of guanidine groups is 3. The molecule has 0 aliphatic carbocycles. The molecule has 0 saturated carbocycles. The van der Waals surface area contributed by atoms with Crippen molar-refractivity contribution in [1.29, 1.82) is 0 Å². The first-order valence-electron chi connectivity index (χ1n) is 14.1. The second kappa shape index (κ2) is 26.9. The zero-order valence-electron chi connectivity index (χ0n) is 29.0. The van der Waals surface area contributed by atoms with E-state index in [2.05, 4.69) is 130 Å². The van der Waals surface area contributed by atoms with E-state index in [-0.39, 0.29) is 39.9 Å². The molecule has 0 aliphatic rings. The van der Waals surface area contributed by atoms with Gasteiger partial charge in [0.15, 0.2) is 0 Å². The van der Waals surface area contributed by atoms with Gasteiger partial charge in [0.05, 0.1) is 0 Å². The molecule has 0 heterocycles. The fourth-order valence-corrected chi connectivity index (χ4v) is 2.53. The van der Waals surface area contributed by atoms with E-state index in [4.69, 9.17) is 0 Å². The largest absolute Gasteiger partial charge is 3.00 e. The Morgan fingerprint density at radius 3 is 0.675 bits per heavy atom. The van der Waals surface area contributed by atoms with Crippen LogP contribution in [0.1, 0.15) is 83.1 Å². The van der Waals surface area contributed by atoms with E-state index in [1.807, 2.05) is 57.3 Å². The summed E-state index contributed by atoms with van der Waals surface area (Å²) in [5.74, 6) is 2.49. The van der Waals surface area contributed by atoms with Gasteiger partial charge in [0, 0.05) is 78.5 Å². The van der Waals surface area contributed by atoms with Crippen molar-refractivity contribution in [2.75, 3.05) is 42.3 Å². The first kappa shape index (κ1) is 46.0. The minimum Gasteiger partial charge on any atom is -0.353 e. The number of hydrogen-bond donors (Lipinski definition) is 6. The van der Waals surface area contributed by atoms with Gasteiger partial charge in [0.1, 0.15) is 0 Å². The van der Waals surface area contributed by atoms with Crippen molar-refractivity contribution in [3.63, 3.8) is 0 Å². The summed E-state index contributed by atoms with van der Waals surface area (Å²) in [7, 11) is 11.7. The normalized spacial score (nSPS) is 12.5. The van der Waals surface area contributed by atoms with E-state index in [0.717, 1.165) is 17.9 Å². The summed E-state index contributed by atoms with van der Waals surface area (Å²) in [4.78, 5) is 13.2. The average Bonchev–Trinajstić information content (AvgIpc) is 2.63. The van der Waals surface area contributed by atoms with Crippen LogP contribution in [0.15, 0.2) is 15.0 Å². The molecule has 0 saturated heterocycles. The van der Waals surface area contributed by atoms with E-state index >= 15 is 0 Å². The number of hydrazine groups is 3. The van der Waals surface area contributed by atoms with Gasteiger partial charge in [-0.1, -0.05) is 0 Å². The van der Waals surface area contributed by atoms with Gasteiger partial charge in [-0.3, -0.25) is 16.3 Å². The molecular weight excluding hydrogens is 650 g/mol. The number of nitrogens with zero attached hydrogens (tertiary/aromatic N) is 6. The Kier molecular flexibility index (Phi) is 30.9.